The number of hydrogen-bond donors (Lipinski definition) is 2. The molecular weight excluding hydrogens is 366 g/mol. The first-order valence-electron chi connectivity index (χ1n) is 8.76. The molecule has 0 bridgehead atoms. The maximum atomic E-state index is 12.7. The molecule has 2 aliphatic heterocycles. The third kappa shape index (κ3) is 3.91. The highest BCUT2D eigenvalue weighted by atomic mass is 35.5. The molecule has 4 rings (SSSR count). The normalized spacial score (nSPS) is 23.7. The van der Waals surface area contributed by atoms with E-state index in [1.165, 1.54) is 0 Å². The smallest absolute Gasteiger partial charge is 0.266 e. The summed E-state index contributed by atoms with van der Waals surface area (Å²) in [5.74, 6) is 0.297. The first-order valence-corrected chi connectivity index (χ1v) is 8.76. The molecule has 142 valence electrons. The van der Waals surface area contributed by atoms with E-state index in [1.54, 1.807) is 17.0 Å². The number of halogens is 1. The third-order valence-corrected chi connectivity index (χ3v) is 5.01. The quantitative estimate of drug-likeness (QED) is 0.845. The van der Waals surface area contributed by atoms with Gasteiger partial charge in [0.25, 0.3) is 5.91 Å². The van der Waals surface area contributed by atoms with Gasteiger partial charge in [0.2, 0.25) is 5.91 Å². The maximum absolute atomic E-state index is 12.7. The zero-order valence-electron chi connectivity index (χ0n) is 14.7. The van der Waals surface area contributed by atoms with Crippen LogP contribution in [-0.2, 0) is 9.59 Å². The average molecular weight is 388 g/mol. The zero-order chi connectivity index (χ0) is 18.1. The molecular formula is C20H22ClN3O3. The van der Waals surface area contributed by atoms with E-state index in [2.05, 4.69) is 5.32 Å². The molecule has 3 N–H and O–H groups in total. The van der Waals surface area contributed by atoms with Crippen LogP contribution in [0.2, 0.25) is 0 Å². The molecule has 2 aromatic carbocycles. The number of amides is 2. The lowest BCUT2D eigenvalue weighted by molar-refractivity contribution is -0.136. The summed E-state index contributed by atoms with van der Waals surface area (Å²) in [5.41, 5.74) is 8.03. The Morgan fingerprint density at radius 2 is 1.81 bits per heavy atom. The van der Waals surface area contributed by atoms with Crippen LogP contribution in [0.15, 0.2) is 54.6 Å². The Hall–Kier alpha value is -2.57. The number of carbonyl (C=O) groups is 2. The van der Waals surface area contributed by atoms with E-state index < -0.39 is 6.10 Å². The van der Waals surface area contributed by atoms with Crippen LogP contribution in [0.25, 0.3) is 0 Å². The summed E-state index contributed by atoms with van der Waals surface area (Å²) in [4.78, 5) is 26.7. The molecule has 0 aliphatic carbocycles. The number of benzene rings is 2. The van der Waals surface area contributed by atoms with Gasteiger partial charge in [-0.05, 0) is 17.7 Å². The fraction of sp³-hybridized carbons (Fsp3) is 0.300. The van der Waals surface area contributed by atoms with Crippen LogP contribution < -0.4 is 15.8 Å². The first kappa shape index (κ1) is 19.2. The van der Waals surface area contributed by atoms with Crippen molar-refractivity contribution in [3.05, 3.63) is 60.2 Å². The highest BCUT2D eigenvalue weighted by Crippen LogP contribution is 2.31. The number of likely N-dealkylation sites (tertiary alicyclic amines) is 1. The molecule has 0 spiro atoms. The second kappa shape index (κ2) is 7.98. The molecule has 1 fully saturated rings. The van der Waals surface area contributed by atoms with Gasteiger partial charge in [0.05, 0.1) is 12.1 Å². The summed E-state index contributed by atoms with van der Waals surface area (Å²) in [6.07, 6.45) is -0.807. The van der Waals surface area contributed by atoms with Gasteiger partial charge in [0.15, 0.2) is 6.10 Å². The topological polar surface area (TPSA) is 84.7 Å². The molecule has 2 aliphatic rings. The van der Waals surface area contributed by atoms with Crippen molar-refractivity contribution in [3.63, 3.8) is 0 Å². The van der Waals surface area contributed by atoms with Crippen LogP contribution in [0.1, 0.15) is 17.9 Å². The largest absolute Gasteiger partial charge is 0.478 e. The lowest BCUT2D eigenvalue weighted by atomic mass is 9.95. The monoisotopic (exact) mass is 387 g/mol. The maximum Gasteiger partial charge on any atom is 0.266 e. The van der Waals surface area contributed by atoms with Gasteiger partial charge in [0, 0.05) is 25.0 Å². The van der Waals surface area contributed by atoms with Gasteiger partial charge in [-0.1, -0.05) is 42.5 Å². The summed E-state index contributed by atoms with van der Waals surface area (Å²) >= 11 is 0. The Morgan fingerprint density at radius 1 is 1.11 bits per heavy atom. The van der Waals surface area contributed by atoms with Crippen LogP contribution in [0.4, 0.5) is 5.69 Å². The van der Waals surface area contributed by atoms with Crippen molar-refractivity contribution in [2.24, 2.45) is 5.73 Å². The van der Waals surface area contributed by atoms with Crippen LogP contribution in [0.5, 0.6) is 5.75 Å². The van der Waals surface area contributed by atoms with E-state index in [9.17, 15) is 9.59 Å². The molecule has 2 amide bonds. The van der Waals surface area contributed by atoms with Crippen molar-refractivity contribution in [2.75, 3.05) is 18.4 Å². The minimum atomic E-state index is -0.815. The molecule has 1 saturated heterocycles. The number of ether oxygens (including phenoxy) is 1. The molecule has 0 saturated carbocycles. The fourth-order valence-electron chi connectivity index (χ4n) is 3.60. The van der Waals surface area contributed by atoms with Crippen molar-refractivity contribution in [1.29, 1.82) is 0 Å². The predicted molar refractivity (Wildman–Crippen MR) is 105 cm³/mol. The number of nitrogens with two attached hydrogens (primary N) is 1. The Kier molecular flexibility index (Phi) is 5.68. The van der Waals surface area contributed by atoms with Crippen LogP contribution in [0.3, 0.4) is 0 Å². The van der Waals surface area contributed by atoms with Crippen LogP contribution >= 0.6 is 12.4 Å². The molecule has 1 unspecified atom stereocenters. The predicted octanol–water partition coefficient (Wildman–Crippen LogP) is 2.15. The molecule has 2 heterocycles. The SMILES string of the molecule is Cl.N[C@@H]1CN(C(=O)CC2Oc3ccccc3NC2=O)C[C@H]1c1ccccc1. The number of hydrogen-bond acceptors (Lipinski definition) is 4. The number of fused-ring (bicyclic) bond motifs is 1. The summed E-state index contributed by atoms with van der Waals surface area (Å²) in [6.45, 7) is 1.05. The van der Waals surface area contributed by atoms with Gasteiger partial charge < -0.3 is 20.7 Å². The van der Waals surface area contributed by atoms with Crippen molar-refractivity contribution < 1.29 is 14.3 Å². The highest BCUT2D eigenvalue weighted by Gasteiger charge is 2.37. The van der Waals surface area contributed by atoms with Crippen molar-refractivity contribution >= 4 is 29.9 Å². The fourth-order valence-corrected chi connectivity index (χ4v) is 3.60. The minimum absolute atomic E-state index is 0. The Bertz CT molecular complexity index is 830. The highest BCUT2D eigenvalue weighted by molar-refractivity contribution is 6.00. The Balaban J connectivity index is 0.00000210. The van der Waals surface area contributed by atoms with Crippen molar-refractivity contribution in [1.82, 2.24) is 4.90 Å². The average Bonchev–Trinajstić information content (AvgIpc) is 3.05. The molecule has 7 heteroatoms. The van der Waals surface area contributed by atoms with Crippen LogP contribution in [0, 0.1) is 0 Å². The molecule has 0 aromatic heterocycles. The lowest BCUT2D eigenvalue weighted by Gasteiger charge is -2.27. The molecule has 2 aromatic rings. The van der Waals surface area contributed by atoms with E-state index in [4.69, 9.17) is 10.5 Å². The summed E-state index contributed by atoms with van der Waals surface area (Å²) in [6, 6.07) is 17.1. The Morgan fingerprint density at radius 3 is 2.59 bits per heavy atom. The summed E-state index contributed by atoms with van der Waals surface area (Å²) in [7, 11) is 0. The molecule has 3 atom stereocenters. The third-order valence-electron chi connectivity index (χ3n) is 5.01. The van der Waals surface area contributed by atoms with E-state index >= 15 is 0 Å². The van der Waals surface area contributed by atoms with Gasteiger partial charge in [-0.2, -0.15) is 0 Å². The van der Waals surface area contributed by atoms with Crippen LogP contribution in [-0.4, -0.2) is 41.9 Å². The van der Waals surface area contributed by atoms with Crippen molar-refractivity contribution in [3.8, 4) is 5.75 Å². The van der Waals surface area contributed by atoms with E-state index in [0.29, 0.717) is 24.5 Å². The standard InChI is InChI=1S/C20H21N3O3.ClH/c21-15-12-23(11-14(15)13-6-2-1-3-7-13)19(24)10-18-20(25)22-16-8-4-5-9-17(16)26-18;/h1-9,14-15,18H,10-12,21H2,(H,22,25);1H/t14-,15+,18?;/m0./s1. The van der Waals surface area contributed by atoms with Gasteiger partial charge in [-0.3, -0.25) is 9.59 Å². The number of anilines is 1. The lowest BCUT2D eigenvalue weighted by Crippen LogP contribution is -2.42. The van der Waals surface area contributed by atoms with Crippen molar-refractivity contribution in [2.45, 2.75) is 24.5 Å². The van der Waals surface area contributed by atoms with Gasteiger partial charge in [-0.15, -0.1) is 12.4 Å². The zero-order valence-corrected chi connectivity index (χ0v) is 15.5. The van der Waals surface area contributed by atoms with Gasteiger partial charge in [0.1, 0.15) is 5.75 Å². The summed E-state index contributed by atoms with van der Waals surface area (Å²) < 4.78 is 5.72. The summed E-state index contributed by atoms with van der Waals surface area (Å²) in [5, 5.41) is 2.79. The van der Waals surface area contributed by atoms with E-state index in [0.717, 1.165) is 5.56 Å². The molecule has 6 nitrogen and oxygen atoms in total. The second-order valence-corrected chi connectivity index (χ2v) is 6.78. The number of nitrogens with zero attached hydrogens (tertiary/aromatic N) is 1. The second-order valence-electron chi connectivity index (χ2n) is 6.78. The van der Waals surface area contributed by atoms with Gasteiger partial charge >= 0.3 is 0 Å². The number of nitrogens with one attached hydrogen (secondary N) is 1. The number of rotatable bonds is 3. The van der Waals surface area contributed by atoms with E-state index in [1.807, 2.05) is 42.5 Å². The number of para-hydroxylation sites is 2. The molecule has 0 radical (unpaired) electrons. The number of carbonyl (C=O) groups excluding carboxylic acids is 2. The van der Waals surface area contributed by atoms with Gasteiger partial charge in [-0.25, -0.2) is 0 Å². The Labute approximate surface area is 164 Å². The minimum Gasteiger partial charge on any atom is -0.478 e. The first-order chi connectivity index (χ1) is 12.6. The molecule has 27 heavy (non-hydrogen) atoms. The van der Waals surface area contributed by atoms with E-state index in [-0.39, 0.29) is 42.6 Å².